The molecule has 1 aromatic carbocycles. The minimum absolute atomic E-state index is 0.0432. The van der Waals surface area contributed by atoms with E-state index in [4.69, 9.17) is 0 Å². The van der Waals surface area contributed by atoms with Crippen molar-refractivity contribution in [3.05, 3.63) is 29.8 Å². The minimum atomic E-state index is -4.11. The quantitative estimate of drug-likeness (QED) is 0.796. The van der Waals surface area contributed by atoms with Gasteiger partial charge >= 0.3 is 0 Å². The third kappa shape index (κ3) is 4.07. The summed E-state index contributed by atoms with van der Waals surface area (Å²) in [6, 6.07) is 1.69. The molecule has 1 aliphatic rings. The van der Waals surface area contributed by atoms with Gasteiger partial charge in [-0.2, -0.15) is 4.31 Å². The Bertz CT molecular complexity index is 791. The second kappa shape index (κ2) is 6.45. The maximum Gasteiger partial charge on any atom is 0.243 e. The number of sulfonamides is 1. The molecule has 2 rings (SSSR count). The molecule has 23 heavy (non-hydrogen) atoms. The summed E-state index contributed by atoms with van der Waals surface area (Å²) in [4.78, 5) is -0.374. The highest BCUT2D eigenvalue weighted by Crippen LogP contribution is 2.26. The van der Waals surface area contributed by atoms with E-state index in [2.05, 4.69) is 0 Å². The van der Waals surface area contributed by atoms with Crippen LogP contribution in [0.4, 0.5) is 8.78 Å². The molecule has 1 saturated heterocycles. The van der Waals surface area contributed by atoms with Crippen molar-refractivity contribution in [2.24, 2.45) is 5.92 Å². The maximum absolute atomic E-state index is 13.4. The molecular formula is C14H19F2NO4S2. The van der Waals surface area contributed by atoms with Gasteiger partial charge in [-0.3, -0.25) is 0 Å². The van der Waals surface area contributed by atoms with Gasteiger partial charge in [-0.25, -0.2) is 25.6 Å². The Morgan fingerprint density at radius 1 is 1.26 bits per heavy atom. The molecule has 0 radical (unpaired) electrons. The van der Waals surface area contributed by atoms with E-state index in [1.54, 1.807) is 13.8 Å². The van der Waals surface area contributed by atoms with E-state index >= 15 is 0 Å². The standard InChI is InChI=1S/C14H19F2NO4S2/c1-10(2)8-17(11-5-6-22(18,19)9-11)23(20,21)12-3-4-13(15)14(16)7-12/h3-4,7,10-11H,5-6,8-9H2,1-2H3. The lowest BCUT2D eigenvalue weighted by atomic mass is 10.2. The number of benzene rings is 1. The van der Waals surface area contributed by atoms with Gasteiger partial charge in [-0.15, -0.1) is 0 Å². The molecule has 5 nitrogen and oxygen atoms in total. The summed E-state index contributed by atoms with van der Waals surface area (Å²) in [5.41, 5.74) is 0. The Morgan fingerprint density at radius 3 is 2.39 bits per heavy atom. The topological polar surface area (TPSA) is 71.5 Å². The lowest BCUT2D eigenvalue weighted by Gasteiger charge is -2.29. The molecule has 1 aromatic rings. The third-order valence-corrected chi connectivity index (χ3v) is 7.32. The minimum Gasteiger partial charge on any atom is -0.229 e. The first-order valence-corrected chi connectivity index (χ1v) is 10.5. The Kier molecular flexibility index (Phi) is 5.12. The van der Waals surface area contributed by atoms with Crippen molar-refractivity contribution in [2.75, 3.05) is 18.1 Å². The van der Waals surface area contributed by atoms with Crippen molar-refractivity contribution >= 4 is 19.9 Å². The third-order valence-electron chi connectivity index (χ3n) is 3.66. The molecule has 0 aliphatic carbocycles. The van der Waals surface area contributed by atoms with Crippen molar-refractivity contribution in [1.29, 1.82) is 0 Å². The number of halogens is 2. The number of hydrogen-bond acceptors (Lipinski definition) is 4. The van der Waals surface area contributed by atoms with E-state index in [9.17, 15) is 25.6 Å². The van der Waals surface area contributed by atoms with E-state index in [1.807, 2.05) is 0 Å². The Hall–Kier alpha value is -1.06. The molecule has 1 atom stereocenters. The van der Waals surface area contributed by atoms with Crippen LogP contribution in [0.3, 0.4) is 0 Å². The lowest BCUT2D eigenvalue weighted by molar-refractivity contribution is 0.307. The van der Waals surface area contributed by atoms with Gasteiger partial charge in [0.2, 0.25) is 10.0 Å². The van der Waals surface area contributed by atoms with Gasteiger partial charge in [-0.05, 0) is 30.5 Å². The molecule has 0 aromatic heterocycles. The monoisotopic (exact) mass is 367 g/mol. The molecule has 0 saturated carbocycles. The molecule has 9 heteroatoms. The first-order chi connectivity index (χ1) is 10.5. The highest BCUT2D eigenvalue weighted by Gasteiger charge is 2.39. The van der Waals surface area contributed by atoms with E-state index < -0.39 is 37.5 Å². The smallest absolute Gasteiger partial charge is 0.229 e. The molecule has 0 N–H and O–H groups in total. The van der Waals surface area contributed by atoms with E-state index in [0.717, 1.165) is 16.4 Å². The predicted molar refractivity (Wildman–Crippen MR) is 82.1 cm³/mol. The molecule has 1 fully saturated rings. The predicted octanol–water partition coefficient (Wildman–Crippen LogP) is 1.80. The SMILES string of the molecule is CC(C)CN(C1CCS(=O)(=O)C1)S(=O)(=O)c1ccc(F)c(F)c1. The molecule has 0 spiro atoms. The van der Waals surface area contributed by atoms with Crippen molar-refractivity contribution in [1.82, 2.24) is 4.31 Å². The molecule has 130 valence electrons. The molecule has 1 unspecified atom stereocenters. The molecular weight excluding hydrogens is 348 g/mol. The van der Waals surface area contributed by atoms with Gasteiger partial charge in [0.25, 0.3) is 0 Å². The first kappa shape index (κ1) is 18.3. The van der Waals surface area contributed by atoms with Crippen LogP contribution in [0.15, 0.2) is 23.1 Å². The highest BCUT2D eigenvalue weighted by atomic mass is 32.2. The summed E-state index contributed by atoms with van der Waals surface area (Å²) in [5.74, 6) is -2.75. The van der Waals surface area contributed by atoms with Gasteiger partial charge in [0.05, 0.1) is 16.4 Å². The summed E-state index contributed by atoms with van der Waals surface area (Å²) in [6.45, 7) is 3.72. The van der Waals surface area contributed by atoms with Gasteiger partial charge in [0, 0.05) is 12.6 Å². The zero-order chi connectivity index (χ0) is 17.4. The number of nitrogens with zero attached hydrogens (tertiary/aromatic N) is 1. The first-order valence-electron chi connectivity index (χ1n) is 7.20. The van der Waals surface area contributed by atoms with E-state index in [-0.39, 0.29) is 35.3 Å². The average Bonchev–Trinajstić information content (AvgIpc) is 2.78. The number of rotatable bonds is 5. The van der Waals surface area contributed by atoms with Gasteiger partial charge in [0.15, 0.2) is 21.5 Å². The largest absolute Gasteiger partial charge is 0.243 e. The fraction of sp³-hybridized carbons (Fsp3) is 0.571. The molecule has 1 heterocycles. The van der Waals surface area contributed by atoms with Crippen LogP contribution in [0.2, 0.25) is 0 Å². The van der Waals surface area contributed by atoms with Crippen molar-refractivity contribution in [3.8, 4) is 0 Å². The molecule has 0 bridgehead atoms. The Morgan fingerprint density at radius 2 is 1.91 bits per heavy atom. The second-order valence-electron chi connectivity index (χ2n) is 6.10. The highest BCUT2D eigenvalue weighted by molar-refractivity contribution is 7.92. The van der Waals surface area contributed by atoms with Crippen LogP contribution >= 0.6 is 0 Å². The summed E-state index contributed by atoms with van der Waals surface area (Å²) >= 11 is 0. The fourth-order valence-corrected chi connectivity index (χ4v) is 6.23. The van der Waals surface area contributed by atoms with Crippen LogP contribution in [0.5, 0.6) is 0 Å². The number of sulfone groups is 1. The number of hydrogen-bond donors (Lipinski definition) is 0. The van der Waals surface area contributed by atoms with Crippen molar-refractivity contribution < 1.29 is 25.6 Å². The average molecular weight is 367 g/mol. The van der Waals surface area contributed by atoms with Crippen LogP contribution in [0, 0.1) is 17.6 Å². The van der Waals surface area contributed by atoms with Crippen LogP contribution in [0.1, 0.15) is 20.3 Å². The Labute approximate surface area is 135 Å². The molecule has 0 amide bonds. The van der Waals surface area contributed by atoms with E-state index in [1.165, 1.54) is 0 Å². The second-order valence-corrected chi connectivity index (χ2v) is 10.2. The summed E-state index contributed by atoms with van der Waals surface area (Å²) in [5, 5.41) is 0. The fourth-order valence-electron chi connectivity index (χ4n) is 2.58. The van der Waals surface area contributed by atoms with Crippen LogP contribution in [-0.4, -0.2) is 45.2 Å². The zero-order valence-corrected chi connectivity index (χ0v) is 14.5. The van der Waals surface area contributed by atoms with Crippen LogP contribution in [0.25, 0.3) is 0 Å². The summed E-state index contributed by atoms with van der Waals surface area (Å²) < 4.78 is 76.4. The summed E-state index contributed by atoms with van der Waals surface area (Å²) in [7, 11) is -7.38. The van der Waals surface area contributed by atoms with Crippen molar-refractivity contribution in [2.45, 2.75) is 31.2 Å². The van der Waals surface area contributed by atoms with E-state index in [0.29, 0.717) is 6.07 Å². The van der Waals surface area contributed by atoms with Crippen LogP contribution < -0.4 is 0 Å². The summed E-state index contributed by atoms with van der Waals surface area (Å²) in [6.07, 6.45) is 0.206. The van der Waals surface area contributed by atoms with Gasteiger partial charge in [0.1, 0.15) is 0 Å². The normalized spacial score (nSPS) is 21.2. The van der Waals surface area contributed by atoms with Crippen LogP contribution in [-0.2, 0) is 19.9 Å². The van der Waals surface area contributed by atoms with Gasteiger partial charge in [-0.1, -0.05) is 13.8 Å². The lowest BCUT2D eigenvalue weighted by Crippen LogP contribution is -2.43. The maximum atomic E-state index is 13.4. The Balaban J connectivity index is 2.43. The zero-order valence-electron chi connectivity index (χ0n) is 12.9. The van der Waals surface area contributed by atoms with Crippen molar-refractivity contribution in [3.63, 3.8) is 0 Å². The molecule has 1 aliphatic heterocycles. The van der Waals surface area contributed by atoms with Gasteiger partial charge < -0.3 is 0 Å².